The molecule has 1 aromatic rings. The van der Waals surface area contributed by atoms with Crippen LogP contribution in [0.15, 0.2) is 24.5 Å². The van der Waals surface area contributed by atoms with Gasteiger partial charge in [-0.05, 0) is 26.8 Å². The van der Waals surface area contributed by atoms with E-state index in [-0.39, 0.29) is 0 Å². The second-order valence-electron chi connectivity index (χ2n) is 4.66. The molecule has 0 saturated carbocycles. The van der Waals surface area contributed by atoms with Crippen molar-refractivity contribution in [3.8, 4) is 0 Å². The lowest BCUT2D eigenvalue weighted by molar-refractivity contribution is -0.170. The summed E-state index contributed by atoms with van der Waals surface area (Å²) in [5, 5.41) is 9.04. The molecule has 0 fully saturated rings. The third kappa shape index (κ3) is 3.55. The van der Waals surface area contributed by atoms with E-state index in [9.17, 15) is 9.59 Å². The van der Waals surface area contributed by atoms with Crippen molar-refractivity contribution in [1.82, 2.24) is 4.98 Å². The third-order valence-corrected chi connectivity index (χ3v) is 2.05. The zero-order valence-corrected chi connectivity index (χ0v) is 10.0. The van der Waals surface area contributed by atoms with Crippen LogP contribution in [0.25, 0.3) is 0 Å². The second kappa shape index (κ2) is 4.95. The molecule has 0 aliphatic heterocycles. The molecule has 1 atom stereocenters. The number of carbonyl (C=O) groups is 2. The molecule has 92 valence electrons. The lowest BCUT2D eigenvalue weighted by atomic mass is 9.97. The number of aliphatic carboxylic acids is 1. The van der Waals surface area contributed by atoms with Crippen LogP contribution in [0.1, 0.15) is 32.4 Å². The molecule has 1 heterocycles. The number of nitrogens with zero attached hydrogens (tertiary/aromatic N) is 1. The van der Waals surface area contributed by atoms with Crippen LogP contribution in [0.3, 0.4) is 0 Å². The molecule has 0 spiro atoms. The minimum Gasteiger partial charge on any atom is -0.478 e. The van der Waals surface area contributed by atoms with Crippen molar-refractivity contribution >= 4 is 11.9 Å². The summed E-state index contributed by atoms with van der Waals surface area (Å²) in [6.07, 6.45) is 1.58. The molecular weight excluding hydrogens is 222 g/mol. The first kappa shape index (κ1) is 13.2. The van der Waals surface area contributed by atoms with Gasteiger partial charge < -0.3 is 9.84 Å². The molecule has 0 aliphatic carbocycles. The molecule has 1 N–H and O–H groups in total. The van der Waals surface area contributed by atoms with Gasteiger partial charge in [0.15, 0.2) is 0 Å². The number of hydrogen-bond acceptors (Lipinski definition) is 4. The van der Waals surface area contributed by atoms with E-state index in [2.05, 4.69) is 4.98 Å². The molecule has 1 aromatic heterocycles. The maximum atomic E-state index is 11.6. The van der Waals surface area contributed by atoms with Gasteiger partial charge in [-0.25, -0.2) is 4.79 Å². The monoisotopic (exact) mass is 237 g/mol. The van der Waals surface area contributed by atoms with Crippen molar-refractivity contribution in [2.75, 3.05) is 0 Å². The predicted octanol–water partition coefficient (Wildman–Crippen LogP) is 1.80. The summed E-state index contributed by atoms with van der Waals surface area (Å²) >= 11 is 0. The maximum Gasteiger partial charge on any atom is 0.349 e. The summed E-state index contributed by atoms with van der Waals surface area (Å²) in [6, 6.07) is 3.15. The first-order chi connectivity index (χ1) is 7.82. The third-order valence-electron chi connectivity index (χ3n) is 2.05. The molecule has 0 aliphatic rings. The van der Waals surface area contributed by atoms with Crippen molar-refractivity contribution in [2.24, 2.45) is 5.41 Å². The number of rotatable bonds is 3. The van der Waals surface area contributed by atoms with E-state index < -0.39 is 23.5 Å². The van der Waals surface area contributed by atoms with Gasteiger partial charge in [-0.15, -0.1) is 0 Å². The fourth-order valence-corrected chi connectivity index (χ4v) is 1.08. The Morgan fingerprint density at radius 2 is 2.06 bits per heavy atom. The highest BCUT2D eigenvalue weighted by atomic mass is 16.6. The van der Waals surface area contributed by atoms with Crippen molar-refractivity contribution in [3.05, 3.63) is 30.1 Å². The standard InChI is InChI=1S/C12H15NO4/c1-12(2,3)11(16)17-9(10(14)15)8-5-4-6-13-7-8/h4-7,9H,1-3H3,(H,14,15). The molecule has 5 heteroatoms. The summed E-state index contributed by atoms with van der Waals surface area (Å²) in [5.41, 5.74) is -0.395. The molecular formula is C12H15NO4. The van der Waals surface area contributed by atoms with Crippen LogP contribution in [0.2, 0.25) is 0 Å². The van der Waals surface area contributed by atoms with E-state index in [4.69, 9.17) is 9.84 Å². The van der Waals surface area contributed by atoms with Gasteiger partial charge in [0.25, 0.3) is 0 Å². The predicted molar refractivity (Wildman–Crippen MR) is 60.2 cm³/mol. The number of esters is 1. The van der Waals surface area contributed by atoms with Crippen molar-refractivity contribution in [3.63, 3.8) is 0 Å². The number of carbonyl (C=O) groups excluding carboxylic acids is 1. The quantitative estimate of drug-likeness (QED) is 0.811. The molecule has 0 amide bonds. The van der Waals surface area contributed by atoms with Crippen LogP contribution in [0, 0.1) is 5.41 Å². The Morgan fingerprint density at radius 1 is 1.41 bits per heavy atom. The average molecular weight is 237 g/mol. The highest BCUT2D eigenvalue weighted by molar-refractivity contribution is 5.81. The molecule has 0 saturated heterocycles. The van der Waals surface area contributed by atoms with Gasteiger partial charge >= 0.3 is 11.9 Å². The summed E-state index contributed by atoms with van der Waals surface area (Å²) in [6.45, 7) is 4.99. The second-order valence-corrected chi connectivity index (χ2v) is 4.66. The number of hydrogen-bond donors (Lipinski definition) is 1. The fraction of sp³-hybridized carbons (Fsp3) is 0.417. The molecule has 17 heavy (non-hydrogen) atoms. The Bertz CT molecular complexity index is 408. The van der Waals surface area contributed by atoms with Gasteiger partial charge in [0.05, 0.1) is 5.41 Å². The SMILES string of the molecule is CC(C)(C)C(=O)OC(C(=O)O)c1cccnc1. The first-order valence-electron chi connectivity index (χ1n) is 5.16. The van der Waals surface area contributed by atoms with Crippen molar-refractivity contribution in [2.45, 2.75) is 26.9 Å². The number of carboxylic acids is 1. The summed E-state index contributed by atoms with van der Waals surface area (Å²) in [4.78, 5) is 26.5. The van der Waals surface area contributed by atoms with E-state index >= 15 is 0 Å². The molecule has 1 rings (SSSR count). The highest BCUT2D eigenvalue weighted by Gasteiger charge is 2.30. The van der Waals surface area contributed by atoms with Crippen LogP contribution >= 0.6 is 0 Å². The summed E-state index contributed by atoms with van der Waals surface area (Å²) in [7, 11) is 0. The molecule has 1 unspecified atom stereocenters. The minimum atomic E-state index is -1.31. The highest BCUT2D eigenvalue weighted by Crippen LogP contribution is 2.23. The smallest absolute Gasteiger partial charge is 0.349 e. The van der Waals surface area contributed by atoms with Gasteiger partial charge in [-0.2, -0.15) is 0 Å². The van der Waals surface area contributed by atoms with Crippen molar-refractivity contribution < 1.29 is 19.4 Å². The Balaban J connectivity index is 2.90. The topological polar surface area (TPSA) is 76.5 Å². The van der Waals surface area contributed by atoms with Gasteiger partial charge in [0.2, 0.25) is 6.10 Å². The zero-order valence-electron chi connectivity index (χ0n) is 10.0. The van der Waals surface area contributed by atoms with E-state index in [1.165, 1.54) is 12.4 Å². The maximum absolute atomic E-state index is 11.6. The van der Waals surface area contributed by atoms with Crippen LogP contribution in [-0.4, -0.2) is 22.0 Å². The number of carboxylic acid groups (broad SMARTS) is 1. The van der Waals surface area contributed by atoms with Gasteiger partial charge in [0.1, 0.15) is 0 Å². The van der Waals surface area contributed by atoms with Crippen LogP contribution in [0.5, 0.6) is 0 Å². The Labute approximate surface area is 99.4 Å². The van der Waals surface area contributed by atoms with E-state index in [1.807, 2.05) is 0 Å². The minimum absolute atomic E-state index is 0.345. The van der Waals surface area contributed by atoms with Gasteiger partial charge in [0, 0.05) is 18.0 Å². The number of ether oxygens (including phenoxy) is 1. The van der Waals surface area contributed by atoms with E-state index in [0.717, 1.165) is 0 Å². The number of aromatic nitrogens is 1. The normalized spacial score (nSPS) is 12.9. The molecule has 0 bridgehead atoms. The number of pyridine rings is 1. The Hall–Kier alpha value is -1.91. The van der Waals surface area contributed by atoms with Gasteiger partial charge in [-0.3, -0.25) is 9.78 Å². The fourth-order valence-electron chi connectivity index (χ4n) is 1.08. The Kier molecular flexibility index (Phi) is 3.83. The van der Waals surface area contributed by atoms with E-state index in [1.54, 1.807) is 32.9 Å². The van der Waals surface area contributed by atoms with Crippen LogP contribution < -0.4 is 0 Å². The van der Waals surface area contributed by atoms with Crippen molar-refractivity contribution in [1.29, 1.82) is 0 Å². The van der Waals surface area contributed by atoms with E-state index in [0.29, 0.717) is 5.56 Å². The largest absolute Gasteiger partial charge is 0.478 e. The first-order valence-corrected chi connectivity index (χ1v) is 5.16. The van der Waals surface area contributed by atoms with Crippen LogP contribution in [0.4, 0.5) is 0 Å². The summed E-state index contributed by atoms with van der Waals surface area (Å²) in [5.74, 6) is -1.77. The lowest BCUT2D eigenvalue weighted by Crippen LogP contribution is -2.28. The molecule has 5 nitrogen and oxygen atoms in total. The van der Waals surface area contributed by atoms with Gasteiger partial charge in [-0.1, -0.05) is 6.07 Å². The average Bonchev–Trinajstić information content (AvgIpc) is 2.25. The molecule has 0 radical (unpaired) electrons. The molecule has 0 aromatic carbocycles. The van der Waals surface area contributed by atoms with Crippen LogP contribution in [-0.2, 0) is 14.3 Å². The Morgan fingerprint density at radius 3 is 2.47 bits per heavy atom. The summed E-state index contributed by atoms with van der Waals surface area (Å²) < 4.78 is 4.98. The zero-order chi connectivity index (χ0) is 13.1. The lowest BCUT2D eigenvalue weighted by Gasteiger charge is -2.20.